The van der Waals surface area contributed by atoms with Crippen LogP contribution in [0.15, 0.2) is 22.0 Å². The van der Waals surface area contributed by atoms with Crippen LogP contribution in [0.4, 0.5) is 0 Å². The van der Waals surface area contributed by atoms with Gasteiger partial charge in [-0.1, -0.05) is 0 Å². The first kappa shape index (κ1) is 9.72. The standard InChI is InChI=1S/C6H6INO3S/c1-12(10,11)5-2-4(7)3-8-6(5)9/h2-3H,1H3,(H,8,9). The van der Waals surface area contributed by atoms with Crippen LogP contribution in [0.3, 0.4) is 0 Å². The SMILES string of the molecule is CS(=O)(=O)c1cc(I)c[nH]c1=O. The van der Waals surface area contributed by atoms with Crippen LogP contribution in [-0.4, -0.2) is 19.7 Å². The van der Waals surface area contributed by atoms with Crippen molar-refractivity contribution in [1.29, 1.82) is 0 Å². The number of hydrogen-bond acceptors (Lipinski definition) is 3. The fourth-order valence-corrected chi connectivity index (χ4v) is 2.13. The van der Waals surface area contributed by atoms with Crippen LogP contribution < -0.4 is 5.56 Å². The first-order valence-corrected chi connectivity index (χ1v) is 5.96. The molecule has 0 spiro atoms. The second-order valence-electron chi connectivity index (χ2n) is 2.28. The Labute approximate surface area is 83.1 Å². The number of pyridine rings is 1. The van der Waals surface area contributed by atoms with E-state index < -0.39 is 15.4 Å². The fraction of sp³-hybridized carbons (Fsp3) is 0.167. The molecule has 6 heteroatoms. The van der Waals surface area contributed by atoms with Crippen molar-refractivity contribution >= 4 is 32.4 Å². The molecule has 0 aliphatic heterocycles. The van der Waals surface area contributed by atoms with E-state index in [1.54, 1.807) is 0 Å². The molecule has 0 saturated heterocycles. The predicted octanol–water partition coefficient (Wildman–Crippen LogP) is 0.383. The molecule has 0 unspecified atom stereocenters. The molecule has 1 heterocycles. The quantitative estimate of drug-likeness (QED) is 0.763. The predicted molar refractivity (Wildman–Crippen MR) is 52.9 cm³/mol. The van der Waals surface area contributed by atoms with Crippen molar-refractivity contribution in [3.05, 3.63) is 26.2 Å². The topological polar surface area (TPSA) is 67.0 Å². The van der Waals surface area contributed by atoms with E-state index in [0.29, 0.717) is 3.57 Å². The van der Waals surface area contributed by atoms with Crippen LogP contribution in [0.5, 0.6) is 0 Å². The Morgan fingerprint density at radius 2 is 2.08 bits per heavy atom. The molecule has 0 aromatic carbocycles. The average molecular weight is 299 g/mol. The molecule has 0 radical (unpaired) electrons. The second kappa shape index (κ2) is 3.17. The third-order valence-electron chi connectivity index (χ3n) is 1.23. The fourth-order valence-electron chi connectivity index (χ4n) is 0.713. The third-order valence-corrected chi connectivity index (χ3v) is 2.96. The summed E-state index contributed by atoms with van der Waals surface area (Å²) in [5.74, 6) is 0. The van der Waals surface area contributed by atoms with Crippen LogP contribution in [0.25, 0.3) is 0 Å². The van der Waals surface area contributed by atoms with E-state index in [4.69, 9.17) is 0 Å². The lowest BCUT2D eigenvalue weighted by Gasteiger charge is -1.96. The van der Waals surface area contributed by atoms with E-state index in [1.165, 1.54) is 12.3 Å². The summed E-state index contributed by atoms with van der Waals surface area (Å²) in [7, 11) is -3.40. The number of halogens is 1. The van der Waals surface area contributed by atoms with Gasteiger partial charge in [0.05, 0.1) is 0 Å². The molecule has 66 valence electrons. The van der Waals surface area contributed by atoms with Crippen LogP contribution in [0.2, 0.25) is 0 Å². The Hall–Kier alpha value is -0.370. The van der Waals surface area contributed by atoms with Gasteiger partial charge in [-0.25, -0.2) is 8.42 Å². The first-order valence-electron chi connectivity index (χ1n) is 2.99. The maximum atomic E-state index is 11.0. The van der Waals surface area contributed by atoms with Gasteiger partial charge in [0.1, 0.15) is 4.90 Å². The number of rotatable bonds is 1. The van der Waals surface area contributed by atoms with E-state index in [-0.39, 0.29) is 4.90 Å². The molecule has 12 heavy (non-hydrogen) atoms. The summed E-state index contributed by atoms with van der Waals surface area (Å²) in [5, 5.41) is 0. The first-order chi connectivity index (χ1) is 5.41. The second-order valence-corrected chi connectivity index (χ2v) is 5.51. The molecule has 0 bridgehead atoms. The summed E-state index contributed by atoms with van der Waals surface area (Å²) in [6, 6.07) is 1.34. The monoisotopic (exact) mass is 299 g/mol. The number of H-pyrrole nitrogens is 1. The van der Waals surface area contributed by atoms with Gasteiger partial charge in [0.2, 0.25) is 0 Å². The van der Waals surface area contributed by atoms with Gasteiger partial charge in [-0.15, -0.1) is 0 Å². The zero-order valence-corrected chi connectivity index (χ0v) is 9.14. The number of aromatic amines is 1. The molecule has 1 N–H and O–H groups in total. The Morgan fingerprint density at radius 1 is 1.50 bits per heavy atom. The van der Waals surface area contributed by atoms with Crippen LogP contribution in [0, 0.1) is 3.57 Å². The summed E-state index contributed by atoms with van der Waals surface area (Å²) < 4.78 is 22.7. The van der Waals surface area contributed by atoms with Crippen molar-refractivity contribution in [2.24, 2.45) is 0 Å². The van der Waals surface area contributed by atoms with Crippen molar-refractivity contribution in [2.45, 2.75) is 4.90 Å². The molecule has 0 atom stereocenters. The Balaban J connectivity index is 3.55. The molecule has 1 aromatic heterocycles. The smallest absolute Gasteiger partial charge is 0.266 e. The van der Waals surface area contributed by atoms with Gasteiger partial charge in [0.25, 0.3) is 5.56 Å². The number of sulfone groups is 1. The van der Waals surface area contributed by atoms with Gasteiger partial charge in [-0.3, -0.25) is 4.79 Å². The van der Waals surface area contributed by atoms with E-state index in [9.17, 15) is 13.2 Å². The van der Waals surface area contributed by atoms with Crippen LogP contribution in [0.1, 0.15) is 0 Å². The highest BCUT2D eigenvalue weighted by atomic mass is 127. The van der Waals surface area contributed by atoms with Crippen molar-refractivity contribution in [2.75, 3.05) is 6.26 Å². The lowest BCUT2D eigenvalue weighted by atomic mass is 10.5. The minimum Gasteiger partial charge on any atom is -0.327 e. The van der Waals surface area contributed by atoms with Crippen LogP contribution in [-0.2, 0) is 9.84 Å². The largest absolute Gasteiger partial charge is 0.327 e. The highest BCUT2D eigenvalue weighted by Gasteiger charge is 2.11. The molecule has 0 aliphatic carbocycles. The maximum Gasteiger partial charge on any atom is 0.266 e. The highest BCUT2D eigenvalue weighted by Crippen LogP contribution is 2.06. The van der Waals surface area contributed by atoms with Crippen molar-refractivity contribution < 1.29 is 8.42 Å². The summed E-state index contributed by atoms with van der Waals surface area (Å²) in [5.41, 5.74) is -0.571. The molecule has 0 amide bonds. The minimum atomic E-state index is -3.40. The third kappa shape index (κ3) is 2.07. The molecule has 0 saturated carbocycles. The van der Waals surface area contributed by atoms with Crippen LogP contribution >= 0.6 is 22.6 Å². The van der Waals surface area contributed by atoms with E-state index in [2.05, 4.69) is 4.98 Å². The van der Waals surface area contributed by atoms with Gasteiger partial charge < -0.3 is 4.98 Å². The molecular weight excluding hydrogens is 293 g/mol. The molecule has 1 rings (SSSR count). The van der Waals surface area contributed by atoms with E-state index >= 15 is 0 Å². The molecule has 4 nitrogen and oxygen atoms in total. The van der Waals surface area contributed by atoms with Gasteiger partial charge in [-0.2, -0.15) is 0 Å². The van der Waals surface area contributed by atoms with Gasteiger partial charge in [0.15, 0.2) is 9.84 Å². The number of nitrogens with one attached hydrogen (secondary N) is 1. The summed E-state index contributed by atoms with van der Waals surface area (Å²) in [4.78, 5) is 13.1. The lowest BCUT2D eigenvalue weighted by Crippen LogP contribution is -2.16. The van der Waals surface area contributed by atoms with Crippen molar-refractivity contribution in [1.82, 2.24) is 4.98 Å². The highest BCUT2D eigenvalue weighted by molar-refractivity contribution is 14.1. The van der Waals surface area contributed by atoms with Crippen molar-refractivity contribution in [3.63, 3.8) is 0 Å². The summed E-state index contributed by atoms with van der Waals surface area (Å²) >= 11 is 1.93. The van der Waals surface area contributed by atoms with E-state index in [0.717, 1.165) is 6.26 Å². The maximum absolute atomic E-state index is 11.0. The average Bonchev–Trinajstić information content (AvgIpc) is 1.92. The molecule has 1 aromatic rings. The summed E-state index contributed by atoms with van der Waals surface area (Å²) in [6.07, 6.45) is 2.46. The van der Waals surface area contributed by atoms with Gasteiger partial charge in [-0.05, 0) is 28.7 Å². The minimum absolute atomic E-state index is 0.186. The van der Waals surface area contributed by atoms with Gasteiger partial charge >= 0.3 is 0 Å². The lowest BCUT2D eigenvalue weighted by molar-refractivity contribution is 0.600. The molecular formula is C6H6INO3S. The van der Waals surface area contributed by atoms with Gasteiger partial charge in [0, 0.05) is 16.0 Å². The molecule has 0 aliphatic rings. The molecule has 0 fully saturated rings. The number of aromatic nitrogens is 1. The van der Waals surface area contributed by atoms with E-state index in [1.807, 2.05) is 22.6 Å². The Morgan fingerprint density at radius 3 is 2.50 bits per heavy atom. The Kier molecular flexibility index (Phi) is 2.57. The van der Waals surface area contributed by atoms with Crippen molar-refractivity contribution in [3.8, 4) is 0 Å². The summed E-state index contributed by atoms with van der Waals surface area (Å²) in [6.45, 7) is 0. The zero-order valence-electron chi connectivity index (χ0n) is 6.17. The number of hydrogen-bond donors (Lipinski definition) is 1. The zero-order chi connectivity index (χ0) is 9.35. The Bertz CT molecular complexity index is 448. The normalized spacial score (nSPS) is 11.5.